The highest BCUT2D eigenvalue weighted by molar-refractivity contribution is 6.28. The maximum absolute atomic E-state index is 12.5. The molecule has 0 aliphatic carbocycles. The Kier molecular flexibility index (Phi) is 4.81. The van der Waals surface area contributed by atoms with Crippen molar-refractivity contribution in [2.24, 2.45) is 0 Å². The summed E-state index contributed by atoms with van der Waals surface area (Å²) >= 11 is 5.80. The largest absolute Gasteiger partial charge is 0.445 e. The van der Waals surface area contributed by atoms with Crippen LogP contribution in [0.1, 0.15) is 22.5 Å². The van der Waals surface area contributed by atoms with E-state index < -0.39 is 17.6 Å². The zero-order chi connectivity index (χ0) is 19.7. The van der Waals surface area contributed by atoms with Crippen LogP contribution in [0.15, 0.2) is 65.1 Å². The van der Waals surface area contributed by atoms with Crippen LogP contribution >= 0.6 is 11.6 Å². The minimum absolute atomic E-state index is 0.314. The van der Waals surface area contributed by atoms with Gasteiger partial charge in [0, 0.05) is 18.4 Å². The molecule has 2 atom stereocenters. The van der Waals surface area contributed by atoms with Gasteiger partial charge in [0.15, 0.2) is 16.9 Å². The number of rotatable bonds is 4. The van der Waals surface area contributed by atoms with Crippen molar-refractivity contribution < 1.29 is 19.1 Å². The second-order valence-electron chi connectivity index (χ2n) is 6.52. The lowest BCUT2D eigenvalue weighted by Crippen LogP contribution is -2.52. The van der Waals surface area contributed by atoms with Crippen LogP contribution in [0, 0.1) is 0 Å². The maximum Gasteiger partial charge on any atom is 0.257 e. The third kappa shape index (κ3) is 3.14. The molecule has 3 aromatic rings. The number of carbonyl (C=O) groups excluding carboxylic acids is 1. The number of methoxy groups -OCH3 is 1. The molecule has 2 heterocycles. The Labute approximate surface area is 167 Å². The van der Waals surface area contributed by atoms with Gasteiger partial charge in [0.25, 0.3) is 5.91 Å². The SMILES string of the molecule is COC1C(=O)Nc2ccc(/C=C/c3ccc(Cl)o3)cc2C1(O)c1ccccc1. The number of anilines is 1. The normalized spacial score (nSPS) is 21.5. The fraction of sp³-hybridized carbons (Fsp3) is 0.136. The Hall–Kier alpha value is -2.86. The number of nitrogens with one attached hydrogen (secondary N) is 1. The van der Waals surface area contributed by atoms with Crippen molar-refractivity contribution in [2.45, 2.75) is 11.7 Å². The average Bonchev–Trinajstić information content (AvgIpc) is 3.13. The second-order valence-corrected chi connectivity index (χ2v) is 6.89. The standard InChI is InChI=1S/C22H18ClNO4/c1-27-20-21(25)24-18-11-8-14(7-9-16-10-12-19(23)28-16)13-17(18)22(20,26)15-5-3-2-4-6-15/h2-13,20,26H,1H3,(H,24,25)/b9-7+. The molecule has 2 unspecified atom stereocenters. The zero-order valence-corrected chi connectivity index (χ0v) is 15.8. The number of benzene rings is 2. The average molecular weight is 396 g/mol. The van der Waals surface area contributed by atoms with Gasteiger partial charge in [-0.2, -0.15) is 0 Å². The van der Waals surface area contributed by atoms with Crippen molar-refractivity contribution in [2.75, 3.05) is 12.4 Å². The van der Waals surface area contributed by atoms with Crippen LogP contribution in [0.2, 0.25) is 5.22 Å². The number of hydrogen-bond donors (Lipinski definition) is 2. The summed E-state index contributed by atoms with van der Waals surface area (Å²) in [6.07, 6.45) is 2.55. The van der Waals surface area contributed by atoms with Gasteiger partial charge in [-0.25, -0.2) is 0 Å². The molecule has 0 fully saturated rings. The van der Waals surface area contributed by atoms with Gasteiger partial charge < -0.3 is 19.6 Å². The van der Waals surface area contributed by atoms with E-state index in [1.807, 2.05) is 36.4 Å². The van der Waals surface area contributed by atoms with Crippen LogP contribution < -0.4 is 5.32 Å². The quantitative estimate of drug-likeness (QED) is 0.690. The summed E-state index contributed by atoms with van der Waals surface area (Å²) in [5, 5.41) is 14.8. The number of amides is 1. The number of ether oxygens (including phenoxy) is 1. The number of carbonyl (C=O) groups is 1. The Morgan fingerprint density at radius 2 is 1.93 bits per heavy atom. The lowest BCUT2D eigenvalue weighted by molar-refractivity contribution is -0.142. The highest BCUT2D eigenvalue weighted by Crippen LogP contribution is 2.42. The smallest absolute Gasteiger partial charge is 0.257 e. The third-order valence-electron chi connectivity index (χ3n) is 4.81. The van der Waals surface area contributed by atoms with Crippen molar-refractivity contribution in [1.29, 1.82) is 0 Å². The first-order valence-corrected chi connectivity index (χ1v) is 9.09. The van der Waals surface area contributed by atoms with Crippen LogP contribution in [0.3, 0.4) is 0 Å². The molecule has 1 aliphatic rings. The van der Waals surface area contributed by atoms with Gasteiger partial charge in [0.05, 0.1) is 0 Å². The molecule has 5 nitrogen and oxygen atoms in total. The Bertz CT molecular complexity index is 1040. The van der Waals surface area contributed by atoms with Crippen LogP contribution in [0.25, 0.3) is 12.2 Å². The van der Waals surface area contributed by atoms with Gasteiger partial charge in [-0.05, 0) is 53.1 Å². The van der Waals surface area contributed by atoms with Crippen molar-refractivity contribution in [1.82, 2.24) is 0 Å². The molecule has 1 aliphatic heterocycles. The molecule has 0 spiro atoms. The Morgan fingerprint density at radius 3 is 2.61 bits per heavy atom. The molecule has 28 heavy (non-hydrogen) atoms. The molecule has 6 heteroatoms. The fourth-order valence-corrected chi connectivity index (χ4v) is 3.64. The lowest BCUT2D eigenvalue weighted by Gasteiger charge is -2.40. The van der Waals surface area contributed by atoms with E-state index in [9.17, 15) is 9.90 Å². The topological polar surface area (TPSA) is 71.7 Å². The summed E-state index contributed by atoms with van der Waals surface area (Å²) in [5.74, 6) is 0.221. The number of halogens is 1. The third-order valence-corrected chi connectivity index (χ3v) is 5.02. The molecule has 2 N–H and O–H groups in total. The van der Waals surface area contributed by atoms with Crippen LogP contribution in [0.5, 0.6) is 0 Å². The highest BCUT2D eigenvalue weighted by atomic mass is 35.5. The summed E-state index contributed by atoms with van der Waals surface area (Å²) < 4.78 is 10.7. The van der Waals surface area contributed by atoms with Crippen molar-refractivity contribution in [3.63, 3.8) is 0 Å². The highest BCUT2D eigenvalue weighted by Gasteiger charge is 2.49. The monoisotopic (exact) mass is 395 g/mol. The molecular formula is C22H18ClNO4. The predicted molar refractivity (Wildman–Crippen MR) is 108 cm³/mol. The Morgan fingerprint density at radius 1 is 1.14 bits per heavy atom. The van der Waals surface area contributed by atoms with Gasteiger partial charge in [0.1, 0.15) is 5.76 Å². The summed E-state index contributed by atoms with van der Waals surface area (Å²) in [7, 11) is 1.41. The maximum atomic E-state index is 12.5. The predicted octanol–water partition coefficient (Wildman–Crippen LogP) is 4.31. The van der Waals surface area contributed by atoms with E-state index in [4.69, 9.17) is 20.8 Å². The van der Waals surface area contributed by atoms with Gasteiger partial charge in [0.2, 0.25) is 0 Å². The number of aliphatic hydroxyl groups is 1. The number of fused-ring (bicyclic) bond motifs is 1. The van der Waals surface area contributed by atoms with Crippen LogP contribution in [0.4, 0.5) is 5.69 Å². The summed E-state index contributed by atoms with van der Waals surface area (Å²) in [6, 6.07) is 17.9. The van der Waals surface area contributed by atoms with E-state index >= 15 is 0 Å². The summed E-state index contributed by atoms with van der Waals surface area (Å²) in [6.45, 7) is 0. The molecule has 0 saturated carbocycles. The van der Waals surface area contributed by atoms with Gasteiger partial charge in [-0.3, -0.25) is 4.79 Å². The molecular weight excluding hydrogens is 378 g/mol. The van der Waals surface area contributed by atoms with E-state index in [1.54, 1.807) is 36.4 Å². The van der Waals surface area contributed by atoms with Gasteiger partial charge in [-0.1, -0.05) is 42.5 Å². The zero-order valence-electron chi connectivity index (χ0n) is 15.1. The Balaban J connectivity index is 1.82. The van der Waals surface area contributed by atoms with Crippen molar-refractivity contribution in [3.05, 3.63) is 88.3 Å². The van der Waals surface area contributed by atoms with E-state index in [0.29, 0.717) is 27.8 Å². The molecule has 0 bridgehead atoms. The molecule has 1 aromatic heterocycles. The lowest BCUT2D eigenvalue weighted by atomic mass is 9.77. The first-order valence-electron chi connectivity index (χ1n) is 8.72. The minimum Gasteiger partial charge on any atom is -0.445 e. The number of hydrogen-bond acceptors (Lipinski definition) is 4. The van der Waals surface area contributed by atoms with E-state index in [-0.39, 0.29) is 0 Å². The van der Waals surface area contributed by atoms with Gasteiger partial charge >= 0.3 is 0 Å². The molecule has 2 aromatic carbocycles. The summed E-state index contributed by atoms with van der Waals surface area (Å²) in [5.41, 5.74) is 0.891. The summed E-state index contributed by atoms with van der Waals surface area (Å²) in [4.78, 5) is 12.5. The minimum atomic E-state index is -1.62. The van der Waals surface area contributed by atoms with E-state index in [1.165, 1.54) is 7.11 Å². The molecule has 0 saturated heterocycles. The van der Waals surface area contributed by atoms with Crippen molar-refractivity contribution >= 4 is 35.3 Å². The first kappa shape index (κ1) is 18.5. The molecule has 1 amide bonds. The van der Waals surface area contributed by atoms with E-state index in [2.05, 4.69) is 5.32 Å². The first-order chi connectivity index (χ1) is 13.5. The molecule has 0 radical (unpaired) electrons. The molecule has 142 valence electrons. The van der Waals surface area contributed by atoms with Crippen LogP contribution in [-0.4, -0.2) is 24.2 Å². The van der Waals surface area contributed by atoms with E-state index in [0.717, 1.165) is 5.56 Å². The fourth-order valence-electron chi connectivity index (χ4n) is 3.49. The molecule has 4 rings (SSSR count). The van der Waals surface area contributed by atoms with Crippen molar-refractivity contribution in [3.8, 4) is 0 Å². The van der Waals surface area contributed by atoms with Crippen LogP contribution in [-0.2, 0) is 15.1 Å². The second kappa shape index (κ2) is 7.28. The van der Waals surface area contributed by atoms with Gasteiger partial charge in [-0.15, -0.1) is 0 Å². The number of furan rings is 1.